The van der Waals surface area contributed by atoms with Crippen molar-refractivity contribution in [2.45, 2.75) is 19.9 Å². The second-order valence-electron chi connectivity index (χ2n) is 4.06. The first-order valence-electron chi connectivity index (χ1n) is 5.76. The lowest BCUT2D eigenvalue weighted by molar-refractivity contribution is 0.0342. The predicted octanol–water partition coefficient (Wildman–Crippen LogP) is 2.08. The fourth-order valence-corrected chi connectivity index (χ4v) is 1.90. The third-order valence-electron chi connectivity index (χ3n) is 2.94. The molecule has 2 heteroatoms. The molecule has 1 aromatic rings. The Bertz CT molecular complexity index is 288. The summed E-state index contributed by atoms with van der Waals surface area (Å²) in [5.74, 6) is 0. The quantitative estimate of drug-likeness (QED) is 0.749. The van der Waals surface area contributed by atoms with Crippen molar-refractivity contribution in [3.63, 3.8) is 0 Å². The fraction of sp³-hybridized carbons (Fsp3) is 0.538. The molecule has 1 fully saturated rings. The minimum atomic E-state index is 0.882. The number of nitrogens with zero attached hydrogens (tertiary/aromatic N) is 1. The van der Waals surface area contributed by atoms with Crippen molar-refractivity contribution in [1.29, 1.82) is 0 Å². The number of ether oxygens (including phenoxy) is 1. The van der Waals surface area contributed by atoms with Crippen molar-refractivity contribution in [1.82, 2.24) is 4.90 Å². The van der Waals surface area contributed by atoms with Crippen LogP contribution in [0.25, 0.3) is 0 Å². The van der Waals surface area contributed by atoms with E-state index in [0.29, 0.717) is 0 Å². The molecule has 1 aliphatic heterocycles. The third kappa shape index (κ3) is 3.05. The van der Waals surface area contributed by atoms with Crippen LogP contribution in [-0.4, -0.2) is 31.2 Å². The van der Waals surface area contributed by atoms with E-state index in [2.05, 4.69) is 36.1 Å². The van der Waals surface area contributed by atoms with E-state index in [1.54, 1.807) is 0 Å². The normalized spacial score (nSPS) is 17.9. The summed E-state index contributed by atoms with van der Waals surface area (Å²) >= 11 is 0. The van der Waals surface area contributed by atoms with Gasteiger partial charge >= 0.3 is 0 Å². The van der Waals surface area contributed by atoms with E-state index in [-0.39, 0.29) is 0 Å². The lowest BCUT2D eigenvalue weighted by Gasteiger charge is -2.26. The molecule has 1 heterocycles. The van der Waals surface area contributed by atoms with Crippen LogP contribution in [0.5, 0.6) is 0 Å². The van der Waals surface area contributed by atoms with Crippen molar-refractivity contribution in [3.8, 4) is 0 Å². The van der Waals surface area contributed by atoms with E-state index in [9.17, 15) is 0 Å². The molecule has 0 atom stereocenters. The molecule has 2 rings (SSSR count). The lowest BCUT2D eigenvalue weighted by atomic mass is 10.1. The molecule has 0 N–H and O–H groups in total. The molecule has 1 aromatic carbocycles. The van der Waals surface area contributed by atoms with E-state index in [0.717, 1.165) is 39.3 Å². The molecule has 0 amide bonds. The third-order valence-corrected chi connectivity index (χ3v) is 2.94. The van der Waals surface area contributed by atoms with Gasteiger partial charge < -0.3 is 4.74 Å². The van der Waals surface area contributed by atoms with Gasteiger partial charge in [0.15, 0.2) is 0 Å². The number of benzene rings is 1. The maximum absolute atomic E-state index is 5.33. The van der Waals surface area contributed by atoms with Gasteiger partial charge in [-0.05, 0) is 17.5 Å². The lowest BCUT2D eigenvalue weighted by Crippen LogP contribution is -2.35. The van der Waals surface area contributed by atoms with Gasteiger partial charge in [-0.25, -0.2) is 0 Å². The van der Waals surface area contributed by atoms with Gasteiger partial charge in [0.2, 0.25) is 0 Å². The second-order valence-corrected chi connectivity index (χ2v) is 4.06. The smallest absolute Gasteiger partial charge is 0.0594 e. The molecule has 0 saturated carbocycles. The average molecular weight is 205 g/mol. The molecule has 82 valence electrons. The van der Waals surface area contributed by atoms with E-state index in [1.165, 1.54) is 11.1 Å². The summed E-state index contributed by atoms with van der Waals surface area (Å²) in [6.45, 7) is 7.15. The van der Waals surface area contributed by atoms with Crippen LogP contribution in [0.3, 0.4) is 0 Å². The molecule has 1 aliphatic rings. The molecule has 0 spiro atoms. The zero-order valence-corrected chi connectivity index (χ0v) is 9.41. The van der Waals surface area contributed by atoms with Crippen LogP contribution < -0.4 is 0 Å². The topological polar surface area (TPSA) is 12.5 Å². The van der Waals surface area contributed by atoms with Crippen molar-refractivity contribution in [2.24, 2.45) is 0 Å². The van der Waals surface area contributed by atoms with Gasteiger partial charge in [-0.1, -0.05) is 31.2 Å². The maximum Gasteiger partial charge on any atom is 0.0594 e. The summed E-state index contributed by atoms with van der Waals surface area (Å²) in [4.78, 5) is 2.45. The van der Waals surface area contributed by atoms with Gasteiger partial charge in [0, 0.05) is 19.6 Å². The average Bonchev–Trinajstić information content (AvgIpc) is 2.31. The van der Waals surface area contributed by atoms with Crippen LogP contribution in [-0.2, 0) is 17.7 Å². The summed E-state index contributed by atoms with van der Waals surface area (Å²) in [7, 11) is 0. The largest absolute Gasteiger partial charge is 0.379 e. The first-order chi connectivity index (χ1) is 7.38. The Morgan fingerprint density at radius 1 is 1.07 bits per heavy atom. The van der Waals surface area contributed by atoms with Gasteiger partial charge in [-0.2, -0.15) is 0 Å². The van der Waals surface area contributed by atoms with Crippen LogP contribution in [0, 0.1) is 0 Å². The Hall–Kier alpha value is -0.860. The highest BCUT2D eigenvalue weighted by Gasteiger charge is 2.10. The molecular formula is C13H19NO. The number of aryl methyl sites for hydroxylation is 1. The highest BCUT2D eigenvalue weighted by molar-refractivity contribution is 5.22. The van der Waals surface area contributed by atoms with Gasteiger partial charge in [0.05, 0.1) is 13.2 Å². The molecule has 2 nitrogen and oxygen atoms in total. The SMILES string of the molecule is CCc1ccc(CN2CCOCC2)cc1. The summed E-state index contributed by atoms with van der Waals surface area (Å²) in [6, 6.07) is 8.95. The van der Waals surface area contributed by atoms with E-state index in [1.807, 2.05) is 0 Å². The van der Waals surface area contributed by atoms with Crippen LogP contribution in [0.4, 0.5) is 0 Å². The van der Waals surface area contributed by atoms with Gasteiger partial charge in [0.25, 0.3) is 0 Å². The predicted molar refractivity (Wildman–Crippen MR) is 61.9 cm³/mol. The molecule has 0 unspecified atom stereocenters. The van der Waals surface area contributed by atoms with Crippen LogP contribution in [0.2, 0.25) is 0 Å². The molecule has 0 radical (unpaired) electrons. The summed E-state index contributed by atoms with van der Waals surface area (Å²) in [5, 5.41) is 0. The second kappa shape index (κ2) is 5.29. The molecule has 0 aromatic heterocycles. The van der Waals surface area contributed by atoms with Crippen LogP contribution in [0.15, 0.2) is 24.3 Å². The van der Waals surface area contributed by atoms with Crippen LogP contribution in [0.1, 0.15) is 18.1 Å². The number of rotatable bonds is 3. The number of morpholine rings is 1. The standard InChI is InChI=1S/C13H19NO/c1-2-12-3-5-13(6-4-12)11-14-7-9-15-10-8-14/h3-6H,2,7-11H2,1H3. The monoisotopic (exact) mass is 205 g/mol. The van der Waals surface area contributed by atoms with E-state index >= 15 is 0 Å². The van der Waals surface area contributed by atoms with Crippen LogP contribution >= 0.6 is 0 Å². The van der Waals surface area contributed by atoms with E-state index in [4.69, 9.17) is 4.74 Å². The van der Waals surface area contributed by atoms with Gasteiger partial charge in [-0.3, -0.25) is 4.90 Å². The summed E-state index contributed by atoms with van der Waals surface area (Å²) in [6.07, 6.45) is 1.12. The molecule has 0 aliphatic carbocycles. The fourth-order valence-electron chi connectivity index (χ4n) is 1.90. The first-order valence-corrected chi connectivity index (χ1v) is 5.76. The highest BCUT2D eigenvalue weighted by atomic mass is 16.5. The zero-order chi connectivity index (χ0) is 10.5. The minimum Gasteiger partial charge on any atom is -0.379 e. The van der Waals surface area contributed by atoms with Crippen molar-refractivity contribution < 1.29 is 4.74 Å². The first kappa shape index (κ1) is 10.7. The van der Waals surface area contributed by atoms with E-state index < -0.39 is 0 Å². The number of hydrogen-bond acceptors (Lipinski definition) is 2. The maximum atomic E-state index is 5.33. The molecule has 0 bridgehead atoms. The van der Waals surface area contributed by atoms with Crippen molar-refractivity contribution >= 4 is 0 Å². The summed E-state index contributed by atoms with van der Waals surface area (Å²) in [5.41, 5.74) is 2.83. The molecule has 15 heavy (non-hydrogen) atoms. The number of hydrogen-bond donors (Lipinski definition) is 0. The molecule has 1 saturated heterocycles. The Morgan fingerprint density at radius 2 is 1.67 bits per heavy atom. The Balaban J connectivity index is 1.91. The Morgan fingerprint density at radius 3 is 2.27 bits per heavy atom. The van der Waals surface area contributed by atoms with Crippen molar-refractivity contribution in [3.05, 3.63) is 35.4 Å². The molecular weight excluding hydrogens is 186 g/mol. The summed E-state index contributed by atoms with van der Waals surface area (Å²) < 4.78 is 5.33. The Kier molecular flexibility index (Phi) is 3.75. The van der Waals surface area contributed by atoms with Gasteiger partial charge in [0.1, 0.15) is 0 Å². The zero-order valence-electron chi connectivity index (χ0n) is 9.41. The minimum absolute atomic E-state index is 0.882. The van der Waals surface area contributed by atoms with Crippen molar-refractivity contribution in [2.75, 3.05) is 26.3 Å². The highest BCUT2D eigenvalue weighted by Crippen LogP contribution is 2.09. The Labute approximate surface area is 91.9 Å². The van der Waals surface area contributed by atoms with Gasteiger partial charge in [-0.15, -0.1) is 0 Å².